The lowest BCUT2D eigenvalue weighted by molar-refractivity contribution is 0.0765. The molecule has 23 heavy (non-hydrogen) atoms. The topological polar surface area (TPSA) is 46.1 Å². The van der Waals surface area contributed by atoms with E-state index < -0.39 is 0 Å². The van der Waals surface area contributed by atoms with Gasteiger partial charge in [-0.25, -0.2) is 4.98 Å². The Bertz CT molecular complexity index is 635. The number of carbonyl (C=O) groups excluding carboxylic acids is 1. The molecule has 2 aromatic rings. The molecule has 1 aromatic carbocycles. The average molecular weight is 309 g/mol. The van der Waals surface area contributed by atoms with Crippen LogP contribution in [0.25, 0.3) is 6.08 Å². The van der Waals surface area contributed by atoms with Crippen LogP contribution in [0.5, 0.6) is 0 Å². The van der Waals surface area contributed by atoms with Gasteiger partial charge in [-0.15, -0.1) is 0 Å². The molecule has 4 heteroatoms. The number of unbranched alkanes of at least 4 members (excludes halogenated alkanes) is 1. The molecule has 1 aromatic heterocycles. The van der Waals surface area contributed by atoms with Gasteiger partial charge in [-0.3, -0.25) is 9.78 Å². The van der Waals surface area contributed by atoms with Crippen LogP contribution in [-0.2, 0) is 0 Å². The lowest BCUT2D eigenvalue weighted by atomic mass is 10.2. The number of hydrogen-bond donors (Lipinski definition) is 0. The number of rotatable bonds is 7. The smallest absolute Gasteiger partial charge is 0.274 e. The first-order chi connectivity index (χ1) is 11.2. The number of hydrogen-bond acceptors (Lipinski definition) is 3. The summed E-state index contributed by atoms with van der Waals surface area (Å²) in [6.07, 6.45) is 9.26. The number of nitrogens with zero attached hydrogens (tertiary/aromatic N) is 3. The van der Waals surface area contributed by atoms with Crippen molar-refractivity contribution in [2.24, 2.45) is 0 Å². The van der Waals surface area contributed by atoms with E-state index >= 15 is 0 Å². The van der Waals surface area contributed by atoms with Gasteiger partial charge in [0.25, 0.3) is 5.91 Å². The highest BCUT2D eigenvalue weighted by atomic mass is 16.2. The third-order valence-corrected chi connectivity index (χ3v) is 3.50. The molecule has 0 fully saturated rings. The molecule has 0 saturated carbocycles. The first-order valence-corrected chi connectivity index (χ1v) is 8.00. The van der Waals surface area contributed by atoms with Gasteiger partial charge in [0.1, 0.15) is 5.69 Å². The maximum absolute atomic E-state index is 12.6. The average Bonchev–Trinajstić information content (AvgIpc) is 2.59. The Kier molecular flexibility index (Phi) is 6.48. The molecular weight excluding hydrogens is 286 g/mol. The van der Waals surface area contributed by atoms with Gasteiger partial charge in [-0.1, -0.05) is 55.8 Å². The van der Waals surface area contributed by atoms with Gasteiger partial charge in [-0.2, -0.15) is 0 Å². The number of carbonyl (C=O) groups is 1. The lowest BCUT2D eigenvalue weighted by Crippen LogP contribution is -2.32. The molecular formula is C19H23N3O. The van der Waals surface area contributed by atoms with Crippen LogP contribution in [0, 0.1) is 6.92 Å². The van der Waals surface area contributed by atoms with E-state index in [1.54, 1.807) is 12.4 Å². The number of aryl methyl sites for hydroxylation is 1. The van der Waals surface area contributed by atoms with E-state index in [2.05, 4.69) is 16.9 Å². The van der Waals surface area contributed by atoms with Gasteiger partial charge in [0.15, 0.2) is 0 Å². The van der Waals surface area contributed by atoms with E-state index in [0.29, 0.717) is 12.2 Å². The SMILES string of the molecule is CCCCN(CC=Cc1ccccc1)C(=O)c1cnc(C)cn1. The molecule has 0 aliphatic rings. The maximum atomic E-state index is 12.6. The quantitative estimate of drug-likeness (QED) is 0.782. The number of aromatic nitrogens is 2. The summed E-state index contributed by atoms with van der Waals surface area (Å²) in [6, 6.07) is 10.1. The van der Waals surface area contributed by atoms with Crippen molar-refractivity contribution in [3.05, 3.63) is 65.8 Å². The Morgan fingerprint density at radius 2 is 1.96 bits per heavy atom. The molecule has 1 amide bonds. The minimum Gasteiger partial charge on any atom is -0.334 e. The fraction of sp³-hybridized carbons (Fsp3) is 0.316. The Morgan fingerprint density at radius 1 is 1.17 bits per heavy atom. The van der Waals surface area contributed by atoms with Crippen molar-refractivity contribution in [3.63, 3.8) is 0 Å². The molecule has 0 saturated heterocycles. The van der Waals surface area contributed by atoms with Gasteiger partial charge in [0.2, 0.25) is 0 Å². The zero-order valence-electron chi connectivity index (χ0n) is 13.8. The molecule has 0 bridgehead atoms. The third-order valence-electron chi connectivity index (χ3n) is 3.50. The normalized spacial score (nSPS) is 10.9. The first kappa shape index (κ1) is 16.9. The molecule has 2 rings (SSSR count). The van der Waals surface area contributed by atoms with E-state index in [0.717, 1.165) is 30.6 Å². The van der Waals surface area contributed by atoms with E-state index in [9.17, 15) is 4.79 Å². The Morgan fingerprint density at radius 3 is 2.61 bits per heavy atom. The Balaban J connectivity index is 2.05. The van der Waals surface area contributed by atoms with E-state index in [4.69, 9.17) is 0 Å². The standard InChI is InChI=1S/C19H23N3O/c1-3-4-12-22(13-8-11-17-9-6-5-7-10-17)19(23)18-15-20-16(2)14-21-18/h5-11,14-15H,3-4,12-13H2,1-2H3. The molecule has 0 spiro atoms. The van der Waals surface area contributed by atoms with Crippen LogP contribution in [0.2, 0.25) is 0 Å². The van der Waals surface area contributed by atoms with Crippen molar-refractivity contribution in [2.45, 2.75) is 26.7 Å². The molecule has 4 nitrogen and oxygen atoms in total. The van der Waals surface area contributed by atoms with Gasteiger partial charge >= 0.3 is 0 Å². The largest absolute Gasteiger partial charge is 0.334 e. The molecule has 0 atom stereocenters. The third kappa shape index (κ3) is 5.33. The van der Waals surface area contributed by atoms with E-state index in [-0.39, 0.29) is 5.91 Å². The van der Waals surface area contributed by atoms with Crippen LogP contribution in [-0.4, -0.2) is 33.9 Å². The van der Waals surface area contributed by atoms with Gasteiger partial charge in [-0.05, 0) is 18.9 Å². The van der Waals surface area contributed by atoms with Crippen LogP contribution < -0.4 is 0 Å². The molecule has 120 valence electrons. The van der Waals surface area contributed by atoms with Crippen molar-refractivity contribution in [1.29, 1.82) is 0 Å². The lowest BCUT2D eigenvalue weighted by Gasteiger charge is -2.20. The Hall–Kier alpha value is -2.49. The predicted octanol–water partition coefficient (Wildman–Crippen LogP) is 3.74. The van der Waals surface area contributed by atoms with Gasteiger partial charge in [0.05, 0.1) is 11.9 Å². The maximum Gasteiger partial charge on any atom is 0.274 e. The van der Waals surface area contributed by atoms with Crippen LogP contribution in [0.3, 0.4) is 0 Å². The van der Waals surface area contributed by atoms with Crippen molar-refractivity contribution in [1.82, 2.24) is 14.9 Å². The second-order valence-corrected chi connectivity index (χ2v) is 5.46. The molecule has 0 N–H and O–H groups in total. The first-order valence-electron chi connectivity index (χ1n) is 8.00. The monoisotopic (exact) mass is 309 g/mol. The van der Waals surface area contributed by atoms with Crippen molar-refractivity contribution < 1.29 is 4.79 Å². The second kappa shape index (κ2) is 8.83. The fourth-order valence-electron chi connectivity index (χ4n) is 2.17. The van der Waals surface area contributed by atoms with Gasteiger partial charge in [0, 0.05) is 19.3 Å². The van der Waals surface area contributed by atoms with Crippen LogP contribution in [0.4, 0.5) is 0 Å². The highest BCUT2D eigenvalue weighted by Crippen LogP contribution is 2.06. The number of amides is 1. The highest BCUT2D eigenvalue weighted by molar-refractivity contribution is 5.92. The summed E-state index contributed by atoms with van der Waals surface area (Å²) in [5, 5.41) is 0. The predicted molar refractivity (Wildman–Crippen MR) is 93.1 cm³/mol. The minimum absolute atomic E-state index is 0.0661. The van der Waals surface area contributed by atoms with Crippen LogP contribution in [0.1, 0.15) is 41.5 Å². The van der Waals surface area contributed by atoms with Crippen LogP contribution in [0.15, 0.2) is 48.8 Å². The zero-order chi connectivity index (χ0) is 16.5. The van der Waals surface area contributed by atoms with Crippen molar-refractivity contribution in [2.75, 3.05) is 13.1 Å². The van der Waals surface area contributed by atoms with E-state index in [1.165, 1.54) is 0 Å². The zero-order valence-corrected chi connectivity index (χ0v) is 13.8. The summed E-state index contributed by atoms with van der Waals surface area (Å²) in [4.78, 5) is 22.8. The summed E-state index contributed by atoms with van der Waals surface area (Å²) in [7, 11) is 0. The fourth-order valence-corrected chi connectivity index (χ4v) is 2.17. The summed E-state index contributed by atoms with van der Waals surface area (Å²) < 4.78 is 0. The summed E-state index contributed by atoms with van der Waals surface area (Å²) in [5.74, 6) is -0.0661. The number of benzene rings is 1. The summed E-state index contributed by atoms with van der Waals surface area (Å²) >= 11 is 0. The van der Waals surface area contributed by atoms with Crippen LogP contribution >= 0.6 is 0 Å². The minimum atomic E-state index is -0.0661. The molecule has 0 radical (unpaired) electrons. The van der Waals surface area contributed by atoms with Crippen molar-refractivity contribution >= 4 is 12.0 Å². The molecule has 1 heterocycles. The summed E-state index contributed by atoms with van der Waals surface area (Å²) in [5.41, 5.74) is 2.34. The Labute approximate surface area is 137 Å². The molecule has 0 aliphatic heterocycles. The highest BCUT2D eigenvalue weighted by Gasteiger charge is 2.15. The van der Waals surface area contributed by atoms with Gasteiger partial charge < -0.3 is 4.90 Å². The molecule has 0 aliphatic carbocycles. The summed E-state index contributed by atoms with van der Waals surface area (Å²) in [6.45, 7) is 5.28. The second-order valence-electron chi connectivity index (χ2n) is 5.46. The van der Waals surface area contributed by atoms with E-state index in [1.807, 2.05) is 54.3 Å². The molecule has 0 unspecified atom stereocenters. The van der Waals surface area contributed by atoms with Crippen molar-refractivity contribution in [3.8, 4) is 0 Å².